The van der Waals surface area contributed by atoms with Crippen LogP contribution in [0.15, 0.2) is 24.3 Å². The van der Waals surface area contributed by atoms with E-state index >= 15 is 0 Å². The van der Waals surface area contributed by atoms with Crippen molar-refractivity contribution in [1.82, 2.24) is 10.6 Å². The normalized spacial score (nSPS) is 22.0. The van der Waals surface area contributed by atoms with Crippen LogP contribution in [0.3, 0.4) is 0 Å². The summed E-state index contributed by atoms with van der Waals surface area (Å²) in [5.41, 5.74) is 1.21. The van der Waals surface area contributed by atoms with Crippen LogP contribution < -0.4 is 15.4 Å². The zero-order valence-electron chi connectivity index (χ0n) is 14.9. The van der Waals surface area contributed by atoms with Gasteiger partial charge in [0.15, 0.2) is 0 Å². The average molecular weight is 369 g/mol. The first-order chi connectivity index (χ1) is 11.7. The highest BCUT2D eigenvalue weighted by atomic mass is 35.5. The van der Waals surface area contributed by atoms with E-state index in [9.17, 15) is 4.79 Å². The summed E-state index contributed by atoms with van der Waals surface area (Å²) < 4.78 is 11.1. The van der Waals surface area contributed by atoms with Crippen molar-refractivity contribution >= 4 is 18.3 Å². The quantitative estimate of drug-likeness (QED) is 0.809. The van der Waals surface area contributed by atoms with Gasteiger partial charge in [-0.25, -0.2) is 0 Å². The van der Waals surface area contributed by atoms with Crippen LogP contribution in [0.25, 0.3) is 0 Å². The molecule has 2 N–H and O–H groups in total. The van der Waals surface area contributed by atoms with Crippen molar-refractivity contribution in [2.24, 2.45) is 0 Å². The van der Waals surface area contributed by atoms with Crippen molar-refractivity contribution in [3.63, 3.8) is 0 Å². The topological polar surface area (TPSA) is 59.6 Å². The first-order valence-corrected chi connectivity index (χ1v) is 9.06. The molecule has 2 aliphatic rings. The smallest absolute Gasteiger partial charge is 0.237 e. The number of benzene rings is 1. The van der Waals surface area contributed by atoms with E-state index in [1.165, 1.54) is 5.56 Å². The second-order valence-electron chi connectivity index (χ2n) is 6.72. The maximum absolute atomic E-state index is 12.4. The van der Waals surface area contributed by atoms with E-state index < -0.39 is 0 Å². The van der Waals surface area contributed by atoms with E-state index in [1.807, 2.05) is 19.1 Å². The van der Waals surface area contributed by atoms with Gasteiger partial charge >= 0.3 is 0 Å². The molecule has 3 rings (SSSR count). The molecular weight excluding hydrogens is 340 g/mol. The molecule has 1 atom stereocenters. The standard InChI is InChI=1S/C19H28N2O3.ClH/c1-2-24-16-7-5-15(6-8-16)19(9-12-23-13-10-19)14-21-18(22)17-4-3-11-20-17;/h5-8,17,20H,2-4,9-14H2,1H3,(H,21,22);1H. The molecule has 1 amide bonds. The predicted octanol–water partition coefficient (Wildman–Crippen LogP) is 2.42. The summed E-state index contributed by atoms with van der Waals surface area (Å²) in [7, 11) is 0. The van der Waals surface area contributed by atoms with E-state index in [-0.39, 0.29) is 29.8 Å². The molecule has 2 saturated heterocycles. The number of hydrogen-bond acceptors (Lipinski definition) is 4. The lowest BCUT2D eigenvalue weighted by Crippen LogP contribution is -2.48. The lowest BCUT2D eigenvalue weighted by molar-refractivity contribution is -0.123. The van der Waals surface area contributed by atoms with Crippen molar-refractivity contribution < 1.29 is 14.3 Å². The molecule has 2 fully saturated rings. The predicted molar refractivity (Wildman–Crippen MR) is 101 cm³/mol. The zero-order valence-corrected chi connectivity index (χ0v) is 15.7. The van der Waals surface area contributed by atoms with Crippen molar-refractivity contribution in [3.05, 3.63) is 29.8 Å². The van der Waals surface area contributed by atoms with Gasteiger partial charge in [0.2, 0.25) is 5.91 Å². The van der Waals surface area contributed by atoms with Crippen molar-refractivity contribution in [2.75, 3.05) is 32.9 Å². The number of hydrogen-bond donors (Lipinski definition) is 2. The Labute approximate surface area is 156 Å². The summed E-state index contributed by atoms with van der Waals surface area (Å²) in [6.07, 6.45) is 3.87. The van der Waals surface area contributed by atoms with Gasteiger partial charge in [0, 0.05) is 25.2 Å². The van der Waals surface area contributed by atoms with Gasteiger partial charge in [0.05, 0.1) is 12.6 Å². The lowest BCUT2D eigenvalue weighted by atomic mass is 9.74. The van der Waals surface area contributed by atoms with Crippen LogP contribution in [0.1, 0.15) is 38.2 Å². The van der Waals surface area contributed by atoms with Crippen LogP contribution in [-0.2, 0) is 14.9 Å². The summed E-state index contributed by atoms with van der Waals surface area (Å²) in [4.78, 5) is 12.4. The van der Waals surface area contributed by atoms with Gasteiger partial charge in [-0.1, -0.05) is 12.1 Å². The molecule has 0 spiro atoms. The summed E-state index contributed by atoms with van der Waals surface area (Å²) in [5.74, 6) is 1.02. The molecule has 0 bridgehead atoms. The number of halogens is 1. The van der Waals surface area contributed by atoms with Gasteiger partial charge < -0.3 is 20.1 Å². The lowest BCUT2D eigenvalue weighted by Gasteiger charge is -2.38. The van der Waals surface area contributed by atoms with E-state index in [0.29, 0.717) is 13.2 Å². The Bertz CT molecular complexity index is 538. The van der Waals surface area contributed by atoms with Crippen LogP contribution in [0.5, 0.6) is 5.75 Å². The summed E-state index contributed by atoms with van der Waals surface area (Å²) >= 11 is 0. The van der Waals surface area contributed by atoms with Gasteiger partial charge in [0.1, 0.15) is 5.75 Å². The number of nitrogens with one attached hydrogen (secondary N) is 2. The maximum atomic E-state index is 12.4. The third-order valence-corrected chi connectivity index (χ3v) is 5.21. The van der Waals surface area contributed by atoms with Crippen LogP contribution >= 0.6 is 12.4 Å². The van der Waals surface area contributed by atoms with Gasteiger partial charge in [0.25, 0.3) is 0 Å². The second kappa shape index (κ2) is 9.41. The van der Waals surface area contributed by atoms with Crippen LogP contribution in [0.2, 0.25) is 0 Å². The van der Waals surface area contributed by atoms with Gasteiger partial charge in [-0.3, -0.25) is 4.79 Å². The Hall–Kier alpha value is -1.30. The highest BCUT2D eigenvalue weighted by molar-refractivity contribution is 5.85. The number of carbonyl (C=O) groups excluding carboxylic acids is 1. The molecule has 0 aromatic heterocycles. The molecule has 1 aromatic carbocycles. The van der Waals surface area contributed by atoms with Crippen LogP contribution in [-0.4, -0.2) is 44.9 Å². The number of rotatable bonds is 6. The number of carbonyl (C=O) groups is 1. The van der Waals surface area contributed by atoms with Gasteiger partial charge in [-0.05, 0) is 56.8 Å². The Morgan fingerprint density at radius 1 is 1.32 bits per heavy atom. The number of ether oxygens (including phenoxy) is 2. The molecule has 0 saturated carbocycles. The minimum absolute atomic E-state index is 0. The van der Waals surface area contributed by atoms with E-state index in [0.717, 1.165) is 51.2 Å². The zero-order chi connectivity index (χ0) is 16.8. The minimum Gasteiger partial charge on any atom is -0.494 e. The maximum Gasteiger partial charge on any atom is 0.237 e. The molecule has 25 heavy (non-hydrogen) atoms. The number of amides is 1. The van der Waals surface area contributed by atoms with Crippen molar-refractivity contribution in [3.8, 4) is 5.75 Å². The Morgan fingerprint density at radius 3 is 2.64 bits per heavy atom. The molecule has 6 heteroatoms. The Balaban J connectivity index is 0.00000225. The molecule has 2 heterocycles. The second-order valence-corrected chi connectivity index (χ2v) is 6.72. The minimum atomic E-state index is -0.0444. The molecule has 0 aliphatic carbocycles. The molecule has 1 unspecified atom stereocenters. The highest BCUT2D eigenvalue weighted by Crippen LogP contribution is 2.35. The largest absolute Gasteiger partial charge is 0.494 e. The van der Waals surface area contributed by atoms with E-state index in [1.54, 1.807) is 0 Å². The fourth-order valence-electron chi connectivity index (χ4n) is 3.69. The van der Waals surface area contributed by atoms with Crippen LogP contribution in [0, 0.1) is 0 Å². The van der Waals surface area contributed by atoms with E-state index in [4.69, 9.17) is 9.47 Å². The molecule has 140 valence electrons. The SMILES string of the molecule is CCOc1ccc(C2(CNC(=O)C3CCCN3)CCOCC2)cc1.Cl. The van der Waals surface area contributed by atoms with Gasteiger partial charge in [-0.15, -0.1) is 12.4 Å². The summed E-state index contributed by atoms with van der Waals surface area (Å²) in [6, 6.07) is 8.29. The monoisotopic (exact) mass is 368 g/mol. The average Bonchev–Trinajstić information content (AvgIpc) is 3.16. The van der Waals surface area contributed by atoms with Crippen molar-refractivity contribution in [2.45, 2.75) is 44.1 Å². The summed E-state index contributed by atoms with van der Waals surface area (Å²) in [6.45, 7) is 5.75. The van der Waals surface area contributed by atoms with Gasteiger partial charge in [-0.2, -0.15) is 0 Å². The third-order valence-electron chi connectivity index (χ3n) is 5.21. The molecular formula is C19H29ClN2O3. The summed E-state index contributed by atoms with van der Waals surface area (Å²) in [5, 5.41) is 6.45. The fraction of sp³-hybridized carbons (Fsp3) is 0.632. The Kier molecular flexibility index (Phi) is 7.54. The molecule has 2 aliphatic heterocycles. The Morgan fingerprint density at radius 2 is 2.04 bits per heavy atom. The molecule has 5 nitrogen and oxygen atoms in total. The third kappa shape index (κ3) is 4.87. The first-order valence-electron chi connectivity index (χ1n) is 9.06. The van der Waals surface area contributed by atoms with E-state index in [2.05, 4.69) is 22.8 Å². The molecule has 1 aromatic rings. The molecule has 0 radical (unpaired) electrons. The highest BCUT2D eigenvalue weighted by Gasteiger charge is 2.35. The van der Waals surface area contributed by atoms with Crippen LogP contribution in [0.4, 0.5) is 0 Å². The fourth-order valence-corrected chi connectivity index (χ4v) is 3.69. The van der Waals surface area contributed by atoms with Crippen molar-refractivity contribution in [1.29, 1.82) is 0 Å². The first kappa shape index (κ1) is 20.0.